The topological polar surface area (TPSA) is 15.6 Å². The Labute approximate surface area is 88.0 Å². The van der Waals surface area contributed by atoms with Crippen molar-refractivity contribution in [3.05, 3.63) is 35.9 Å². The predicted octanol–water partition coefficient (Wildman–Crippen LogP) is 2.15. The van der Waals surface area contributed by atoms with E-state index in [2.05, 4.69) is 35.2 Å². The van der Waals surface area contributed by atoms with E-state index in [1.165, 1.54) is 23.0 Å². The van der Waals surface area contributed by atoms with Gasteiger partial charge in [-0.15, -0.1) is 0 Å². The second-order valence-corrected chi connectivity index (χ2v) is 4.69. The van der Waals surface area contributed by atoms with Crippen LogP contribution in [0.15, 0.2) is 35.3 Å². The summed E-state index contributed by atoms with van der Waals surface area (Å²) in [7, 11) is 0. The summed E-state index contributed by atoms with van der Waals surface area (Å²) in [6, 6.07) is 10.9. The fraction of sp³-hybridized carbons (Fsp3) is 0.364. The lowest BCUT2D eigenvalue weighted by Crippen LogP contribution is -2.21. The van der Waals surface area contributed by atoms with Crippen LogP contribution < -0.4 is 0 Å². The van der Waals surface area contributed by atoms with Crippen molar-refractivity contribution in [1.29, 1.82) is 0 Å². The Morgan fingerprint density at radius 2 is 2.14 bits per heavy atom. The van der Waals surface area contributed by atoms with Crippen molar-refractivity contribution >= 4 is 16.9 Å². The maximum Gasteiger partial charge on any atom is 0.160 e. The molecule has 1 aromatic carbocycles. The Morgan fingerprint density at radius 3 is 2.93 bits per heavy atom. The van der Waals surface area contributed by atoms with Gasteiger partial charge < -0.3 is 4.90 Å². The van der Waals surface area contributed by atoms with Crippen LogP contribution in [0.3, 0.4) is 0 Å². The number of fused-ring (bicyclic) bond motifs is 1. The molecule has 0 N–H and O–H groups in total. The smallest absolute Gasteiger partial charge is 0.160 e. The van der Waals surface area contributed by atoms with Gasteiger partial charge in [0.05, 0.1) is 6.04 Å². The molecule has 0 unspecified atom stereocenters. The molecule has 3 rings (SSSR count). The molecule has 3 heteroatoms. The summed E-state index contributed by atoms with van der Waals surface area (Å²) in [6.45, 7) is 2.25. The van der Waals surface area contributed by atoms with E-state index in [9.17, 15) is 0 Å². The monoisotopic (exact) mass is 204 g/mol. The average Bonchev–Trinajstić information content (AvgIpc) is 2.78. The highest BCUT2D eigenvalue weighted by molar-refractivity contribution is 8.14. The zero-order chi connectivity index (χ0) is 9.38. The summed E-state index contributed by atoms with van der Waals surface area (Å²) >= 11 is 1.89. The van der Waals surface area contributed by atoms with Gasteiger partial charge in [0.25, 0.3) is 0 Å². The number of hydrogen-bond acceptors (Lipinski definition) is 3. The second kappa shape index (κ2) is 3.31. The molecule has 2 heterocycles. The third kappa shape index (κ3) is 1.32. The Balaban J connectivity index is 1.87. The molecule has 2 aliphatic rings. The highest BCUT2D eigenvalue weighted by atomic mass is 32.2. The molecular formula is C11H12N2S. The summed E-state index contributed by atoms with van der Waals surface area (Å²) in [5.74, 6) is 1.21. The van der Waals surface area contributed by atoms with Crippen molar-refractivity contribution in [2.24, 2.45) is 4.99 Å². The molecule has 1 saturated heterocycles. The third-order valence-electron chi connectivity index (χ3n) is 2.71. The fourth-order valence-corrected chi connectivity index (χ4v) is 3.00. The summed E-state index contributed by atoms with van der Waals surface area (Å²) < 4.78 is 0. The molecule has 0 amide bonds. The molecule has 1 fully saturated rings. The van der Waals surface area contributed by atoms with Gasteiger partial charge in [-0.05, 0) is 5.56 Å². The minimum absolute atomic E-state index is 0.374. The van der Waals surface area contributed by atoms with Gasteiger partial charge in [-0.25, -0.2) is 0 Å². The lowest BCUT2D eigenvalue weighted by atomic mass is 10.1. The number of aliphatic imine (C=N–C) groups is 1. The molecule has 0 bridgehead atoms. The molecule has 72 valence electrons. The van der Waals surface area contributed by atoms with E-state index in [1.807, 2.05) is 11.8 Å². The molecule has 0 aromatic heterocycles. The van der Waals surface area contributed by atoms with Gasteiger partial charge in [0.2, 0.25) is 0 Å². The first kappa shape index (κ1) is 8.36. The minimum atomic E-state index is 0.374. The van der Waals surface area contributed by atoms with Crippen molar-refractivity contribution in [2.75, 3.05) is 18.8 Å². The summed E-state index contributed by atoms with van der Waals surface area (Å²) in [5.41, 5.74) is 1.34. The molecule has 0 spiro atoms. The first-order valence-corrected chi connectivity index (χ1v) is 5.92. The molecule has 0 saturated carbocycles. The highest BCUT2D eigenvalue weighted by Crippen LogP contribution is 2.31. The SMILES string of the molecule is c1ccc([C@@H]2CN3CCSC3=N2)cc1. The summed E-state index contributed by atoms with van der Waals surface area (Å²) in [5, 5.41) is 1.25. The fourth-order valence-electron chi connectivity index (χ4n) is 1.96. The normalized spacial score (nSPS) is 25.0. The van der Waals surface area contributed by atoms with Crippen molar-refractivity contribution in [3.63, 3.8) is 0 Å². The zero-order valence-electron chi connectivity index (χ0n) is 7.89. The van der Waals surface area contributed by atoms with Crippen LogP contribution in [0, 0.1) is 0 Å². The van der Waals surface area contributed by atoms with Gasteiger partial charge in [-0.1, -0.05) is 42.1 Å². The molecule has 2 nitrogen and oxygen atoms in total. The van der Waals surface area contributed by atoms with Gasteiger partial charge >= 0.3 is 0 Å². The Morgan fingerprint density at radius 1 is 1.29 bits per heavy atom. The van der Waals surface area contributed by atoms with Crippen LogP contribution in [0.25, 0.3) is 0 Å². The van der Waals surface area contributed by atoms with Crippen LogP contribution in [-0.2, 0) is 0 Å². The molecule has 0 aliphatic carbocycles. The standard InChI is InChI=1S/C11H12N2S/c1-2-4-9(5-3-1)10-8-13-6-7-14-11(13)12-10/h1-5,10H,6-8H2/t10-/m0/s1. The van der Waals surface area contributed by atoms with Crippen LogP contribution in [0.4, 0.5) is 0 Å². The van der Waals surface area contributed by atoms with Crippen molar-refractivity contribution in [1.82, 2.24) is 4.90 Å². The maximum atomic E-state index is 4.73. The van der Waals surface area contributed by atoms with Crippen LogP contribution >= 0.6 is 11.8 Å². The van der Waals surface area contributed by atoms with Crippen LogP contribution in [0.2, 0.25) is 0 Å². The van der Waals surface area contributed by atoms with E-state index in [0.717, 1.165) is 6.54 Å². The van der Waals surface area contributed by atoms with Gasteiger partial charge in [-0.3, -0.25) is 4.99 Å². The second-order valence-electron chi connectivity index (χ2n) is 3.63. The summed E-state index contributed by atoms with van der Waals surface area (Å²) in [6.07, 6.45) is 0. The predicted molar refractivity (Wildman–Crippen MR) is 60.6 cm³/mol. The molecule has 1 atom stereocenters. The maximum absolute atomic E-state index is 4.73. The van der Waals surface area contributed by atoms with Crippen molar-refractivity contribution < 1.29 is 0 Å². The Kier molecular flexibility index (Phi) is 1.98. The van der Waals surface area contributed by atoms with E-state index in [-0.39, 0.29) is 0 Å². The molecule has 2 aliphatic heterocycles. The lowest BCUT2D eigenvalue weighted by Gasteiger charge is -2.12. The van der Waals surface area contributed by atoms with E-state index >= 15 is 0 Å². The Bertz CT molecular complexity index is 361. The first-order chi connectivity index (χ1) is 6.93. The van der Waals surface area contributed by atoms with Crippen LogP contribution in [-0.4, -0.2) is 28.9 Å². The summed E-state index contributed by atoms with van der Waals surface area (Å²) in [4.78, 5) is 7.12. The largest absolute Gasteiger partial charge is 0.348 e. The number of hydrogen-bond donors (Lipinski definition) is 0. The lowest BCUT2D eigenvalue weighted by molar-refractivity contribution is 0.464. The minimum Gasteiger partial charge on any atom is -0.348 e. The van der Waals surface area contributed by atoms with Crippen LogP contribution in [0.5, 0.6) is 0 Å². The quantitative estimate of drug-likeness (QED) is 0.696. The van der Waals surface area contributed by atoms with Crippen molar-refractivity contribution in [2.45, 2.75) is 6.04 Å². The van der Waals surface area contributed by atoms with Gasteiger partial charge in [0.15, 0.2) is 5.17 Å². The van der Waals surface area contributed by atoms with Gasteiger partial charge in [0.1, 0.15) is 0 Å². The molecule has 0 radical (unpaired) electrons. The molecular weight excluding hydrogens is 192 g/mol. The number of benzene rings is 1. The van der Waals surface area contributed by atoms with Gasteiger partial charge in [0, 0.05) is 18.8 Å². The zero-order valence-corrected chi connectivity index (χ0v) is 8.70. The van der Waals surface area contributed by atoms with E-state index < -0.39 is 0 Å². The van der Waals surface area contributed by atoms with Crippen LogP contribution in [0.1, 0.15) is 11.6 Å². The van der Waals surface area contributed by atoms with Gasteiger partial charge in [-0.2, -0.15) is 0 Å². The van der Waals surface area contributed by atoms with E-state index in [0.29, 0.717) is 6.04 Å². The molecule has 1 aromatic rings. The van der Waals surface area contributed by atoms with E-state index in [4.69, 9.17) is 4.99 Å². The Hall–Kier alpha value is -0.960. The van der Waals surface area contributed by atoms with E-state index in [1.54, 1.807) is 0 Å². The highest BCUT2D eigenvalue weighted by Gasteiger charge is 2.29. The number of amidine groups is 1. The molecule has 14 heavy (non-hydrogen) atoms. The third-order valence-corrected chi connectivity index (χ3v) is 3.72. The number of thioether (sulfide) groups is 1. The first-order valence-electron chi connectivity index (χ1n) is 4.94. The number of nitrogens with zero attached hydrogens (tertiary/aromatic N) is 2. The average molecular weight is 204 g/mol. The van der Waals surface area contributed by atoms with Crippen molar-refractivity contribution in [3.8, 4) is 0 Å². The number of rotatable bonds is 1.